The average molecular weight is 319 g/mol. The van der Waals surface area contributed by atoms with Crippen LogP contribution in [0.2, 0.25) is 0 Å². The summed E-state index contributed by atoms with van der Waals surface area (Å²) in [6.07, 6.45) is 7.95. The molecule has 0 bridgehead atoms. The maximum atomic E-state index is 12.6. The van der Waals surface area contributed by atoms with Crippen LogP contribution in [0.5, 0.6) is 0 Å². The molecule has 0 radical (unpaired) electrons. The molecule has 128 valence electrons. The van der Waals surface area contributed by atoms with Gasteiger partial charge in [-0.15, -0.1) is 5.10 Å². The molecular formula is C17H29N5O. The predicted octanol–water partition coefficient (Wildman–Crippen LogP) is 2.08. The molecule has 0 aromatic carbocycles. The Morgan fingerprint density at radius 2 is 1.91 bits per heavy atom. The lowest BCUT2D eigenvalue weighted by Gasteiger charge is -2.29. The van der Waals surface area contributed by atoms with Crippen LogP contribution >= 0.6 is 0 Å². The fraction of sp³-hybridized carbons (Fsp3) is 0.824. The fourth-order valence-electron chi connectivity index (χ4n) is 3.52. The lowest BCUT2D eigenvalue weighted by atomic mass is 9.99. The molecule has 0 saturated carbocycles. The van der Waals surface area contributed by atoms with Gasteiger partial charge in [-0.25, -0.2) is 4.68 Å². The molecule has 2 fully saturated rings. The average Bonchev–Trinajstić information content (AvgIpc) is 3.05. The standard InChI is InChI=1S/C17H29N5O/c1-14-6-10-20(11-7-14)12-16-13-22(19-18-16)15(2)17(23)21-8-4-3-5-9-21/h13-15H,3-12H2,1-2H3. The first-order valence-corrected chi connectivity index (χ1v) is 9.05. The van der Waals surface area contributed by atoms with E-state index in [2.05, 4.69) is 22.1 Å². The largest absolute Gasteiger partial charge is 0.341 e. The topological polar surface area (TPSA) is 54.3 Å². The highest BCUT2D eigenvalue weighted by atomic mass is 16.2. The van der Waals surface area contributed by atoms with Gasteiger partial charge in [0.2, 0.25) is 5.91 Å². The van der Waals surface area contributed by atoms with Crippen LogP contribution in [-0.2, 0) is 11.3 Å². The maximum absolute atomic E-state index is 12.6. The van der Waals surface area contributed by atoms with Crippen LogP contribution < -0.4 is 0 Å². The number of aromatic nitrogens is 3. The summed E-state index contributed by atoms with van der Waals surface area (Å²) in [6.45, 7) is 9.14. The van der Waals surface area contributed by atoms with Crippen LogP contribution in [0.1, 0.15) is 57.7 Å². The minimum atomic E-state index is -0.254. The quantitative estimate of drug-likeness (QED) is 0.853. The van der Waals surface area contributed by atoms with E-state index in [9.17, 15) is 4.79 Å². The highest BCUT2D eigenvalue weighted by molar-refractivity contribution is 5.80. The van der Waals surface area contributed by atoms with Gasteiger partial charge in [-0.1, -0.05) is 12.1 Å². The molecule has 1 atom stereocenters. The molecule has 0 spiro atoms. The van der Waals surface area contributed by atoms with Crippen LogP contribution in [0.15, 0.2) is 6.20 Å². The van der Waals surface area contributed by atoms with E-state index in [1.165, 1.54) is 19.3 Å². The van der Waals surface area contributed by atoms with Crippen LogP contribution in [-0.4, -0.2) is 56.9 Å². The van der Waals surface area contributed by atoms with Crippen molar-refractivity contribution in [1.82, 2.24) is 24.8 Å². The van der Waals surface area contributed by atoms with Crippen molar-refractivity contribution in [3.63, 3.8) is 0 Å². The summed E-state index contributed by atoms with van der Waals surface area (Å²) >= 11 is 0. The second-order valence-electron chi connectivity index (χ2n) is 7.21. The zero-order chi connectivity index (χ0) is 16.2. The molecule has 0 aliphatic carbocycles. The molecule has 3 heterocycles. The van der Waals surface area contributed by atoms with Crippen molar-refractivity contribution in [2.75, 3.05) is 26.2 Å². The highest BCUT2D eigenvalue weighted by Gasteiger charge is 2.24. The number of nitrogens with zero attached hydrogens (tertiary/aromatic N) is 5. The Morgan fingerprint density at radius 3 is 2.61 bits per heavy atom. The molecule has 2 aliphatic heterocycles. The SMILES string of the molecule is CC1CCN(Cc2cn(C(C)C(=O)N3CCCCC3)nn2)CC1. The Morgan fingerprint density at radius 1 is 1.22 bits per heavy atom. The van der Waals surface area contributed by atoms with Crippen LogP contribution in [0.4, 0.5) is 0 Å². The van der Waals surface area contributed by atoms with Crippen molar-refractivity contribution in [2.24, 2.45) is 5.92 Å². The Balaban J connectivity index is 1.56. The van der Waals surface area contributed by atoms with Gasteiger partial charge in [0, 0.05) is 19.6 Å². The van der Waals surface area contributed by atoms with Gasteiger partial charge in [0.05, 0.1) is 11.9 Å². The van der Waals surface area contributed by atoms with Crippen LogP contribution in [0.3, 0.4) is 0 Å². The number of hydrogen-bond acceptors (Lipinski definition) is 4. The van der Waals surface area contributed by atoms with E-state index in [0.717, 1.165) is 57.2 Å². The molecule has 1 unspecified atom stereocenters. The van der Waals surface area contributed by atoms with Gasteiger partial charge in [-0.3, -0.25) is 9.69 Å². The number of rotatable bonds is 4. The lowest BCUT2D eigenvalue weighted by molar-refractivity contribution is -0.135. The first-order chi connectivity index (χ1) is 11.1. The molecule has 6 nitrogen and oxygen atoms in total. The third kappa shape index (κ3) is 4.10. The fourth-order valence-corrected chi connectivity index (χ4v) is 3.52. The van der Waals surface area contributed by atoms with Crippen molar-refractivity contribution in [2.45, 2.75) is 58.5 Å². The zero-order valence-electron chi connectivity index (χ0n) is 14.4. The lowest BCUT2D eigenvalue weighted by Crippen LogP contribution is -2.39. The van der Waals surface area contributed by atoms with Gasteiger partial charge in [0.1, 0.15) is 6.04 Å². The van der Waals surface area contributed by atoms with Crippen molar-refractivity contribution in [3.05, 3.63) is 11.9 Å². The number of amides is 1. The molecule has 2 aliphatic rings. The summed E-state index contributed by atoms with van der Waals surface area (Å²) in [7, 11) is 0. The van der Waals surface area contributed by atoms with Crippen molar-refractivity contribution < 1.29 is 4.79 Å². The summed E-state index contributed by atoms with van der Waals surface area (Å²) in [5.41, 5.74) is 0.970. The van der Waals surface area contributed by atoms with E-state index in [0.29, 0.717) is 0 Å². The number of piperidine rings is 2. The maximum Gasteiger partial charge on any atom is 0.247 e. The molecule has 2 saturated heterocycles. The highest BCUT2D eigenvalue weighted by Crippen LogP contribution is 2.18. The van der Waals surface area contributed by atoms with Gasteiger partial charge >= 0.3 is 0 Å². The summed E-state index contributed by atoms with van der Waals surface area (Å²) in [4.78, 5) is 17.0. The van der Waals surface area contributed by atoms with Gasteiger partial charge in [0.15, 0.2) is 0 Å². The summed E-state index contributed by atoms with van der Waals surface area (Å²) in [6, 6.07) is -0.254. The van der Waals surface area contributed by atoms with E-state index in [-0.39, 0.29) is 11.9 Å². The molecule has 1 amide bonds. The van der Waals surface area contributed by atoms with E-state index < -0.39 is 0 Å². The Hall–Kier alpha value is -1.43. The number of likely N-dealkylation sites (tertiary alicyclic amines) is 2. The van der Waals surface area contributed by atoms with E-state index in [1.54, 1.807) is 4.68 Å². The number of carbonyl (C=O) groups excluding carboxylic acids is 1. The summed E-state index contributed by atoms with van der Waals surface area (Å²) < 4.78 is 1.73. The Kier molecular flexibility index (Phi) is 5.30. The monoisotopic (exact) mass is 319 g/mol. The van der Waals surface area contributed by atoms with Crippen molar-refractivity contribution >= 4 is 5.91 Å². The summed E-state index contributed by atoms with van der Waals surface area (Å²) in [5.74, 6) is 1.01. The van der Waals surface area contributed by atoms with Gasteiger partial charge in [0.25, 0.3) is 0 Å². The van der Waals surface area contributed by atoms with Crippen molar-refractivity contribution in [1.29, 1.82) is 0 Å². The molecule has 6 heteroatoms. The minimum absolute atomic E-state index is 0.174. The molecule has 3 rings (SSSR count). The molecule has 1 aromatic heterocycles. The molecule has 0 N–H and O–H groups in total. The van der Waals surface area contributed by atoms with Crippen molar-refractivity contribution in [3.8, 4) is 0 Å². The summed E-state index contributed by atoms with van der Waals surface area (Å²) in [5, 5.41) is 8.48. The van der Waals surface area contributed by atoms with Gasteiger partial charge in [-0.2, -0.15) is 0 Å². The first-order valence-electron chi connectivity index (χ1n) is 9.05. The van der Waals surface area contributed by atoms with Crippen LogP contribution in [0.25, 0.3) is 0 Å². The van der Waals surface area contributed by atoms with E-state index in [1.807, 2.05) is 18.0 Å². The van der Waals surface area contributed by atoms with Crippen LogP contribution in [0, 0.1) is 5.92 Å². The second-order valence-corrected chi connectivity index (χ2v) is 7.21. The Bertz CT molecular complexity index is 515. The molecule has 23 heavy (non-hydrogen) atoms. The van der Waals surface area contributed by atoms with E-state index in [4.69, 9.17) is 0 Å². The normalized spacial score (nSPS) is 22.3. The number of carbonyl (C=O) groups is 1. The third-order valence-corrected chi connectivity index (χ3v) is 5.24. The molecular weight excluding hydrogens is 290 g/mol. The third-order valence-electron chi connectivity index (χ3n) is 5.24. The number of hydrogen-bond donors (Lipinski definition) is 0. The predicted molar refractivity (Wildman–Crippen MR) is 88.8 cm³/mol. The van der Waals surface area contributed by atoms with Gasteiger partial charge < -0.3 is 4.90 Å². The Labute approximate surface area is 138 Å². The zero-order valence-corrected chi connectivity index (χ0v) is 14.4. The van der Waals surface area contributed by atoms with Gasteiger partial charge in [-0.05, 0) is 58.0 Å². The molecule has 1 aromatic rings. The van der Waals surface area contributed by atoms with E-state index >= 15 is 0 Å². The minimum Gasteiger partial charge on any atom is -0.341 e. The smallest absolute Gasteiger partial charge is 0.247 e. The second kappa shape index (κ2) is 7.43. The first kappa shape index (κ1) is 16.4.